The largest absolute Gasteiger partial charge is 0.497 e. The molecule has 164 valence electrons. The molecule has 8 heteroatoms. The van der Waals surface area contributed by atoms with E-state index in [1.165, 1.54) is 0 Å². The van der Waals surface area contributed by atoms with Crippen LogP contribution in [0.3, 0.4) is 0 Å². The molecule has 2 fully saturated rings. The van der Waals surface area contributed by atoms with Crippen LogP contribution in [0.1, 0.15) is 26.2 Å². The highest BCUT2D eigenvalue weighted by molar-refractivity contribution is 14.0. The first kappa shape index (κ1) is 24.0. The predicted octanol–water partition coefficient (Wildman–Crippen LogP) is 2.93. The van der Waals surface area contributed by atoms with Gasteiger partial charge in [0.05, 0.1) is 26.4 Å². The maximum Gasteiger partial charge on any atom is 0.194 e. The van der Waals surface area contributed by atoms with Crippen LogP contribution in [0.25, 0.3) is 0 Å². The SMILES string of the molecule is CCNC(=NCCCOc1cccc(OC)c1)N1CCOC(C2CCCO2)C1.I. The highest BCUT2D eigenvalue weighted by atomic mass is 127. The summed E-state index contributed by atoms with van der Waals surface area (Å²) < 4.78 is 22.8. The molecular weight excluding hydrogens is 485 g/mol. The average Bonchev–Trinajstić information content (AvgIpc) is 3.28. The van der Waals surface area contributed by atoms with Crippen LogP contribution in [0.4, 0.5) is 0 Å². The van der Waals surface area contributed by atoms with Crippen molar-refractivity contribution in [2.24, 2.45) is 4.99 Å². The molecule has 2 aliphatic heterocycles. The third-order valence-electron chi connectivity index (χ3n) is 4.98. The van der Waals surface area contributed by atoms with Crippen LogP contribution in [0.2, 0.25) is 0 Å². The van der Waals surface area contributed by atoms with Crippen LogP contribution in [0.5, 0.6) is 11.5 Å². The van der Waals surface area contributed by atoms with Crippen LogP contribution in [0.15, 0.2) is 29.3 Å². The Kier molecular flexibility index (Phi) is 10.9. The Morgan fingerprint density at radius 2 is 2.07 bits per heavy atom. The van der Waals surface area contributed by atoms with Gasteiger partial charge in [-0.1, -0.05) is 6.07 Å². The molecule has 0 aliphatic carbocycles. The Labute approximate surface area is 191 Å². The van der Waals surface area contributed by atoms with Gasteiger partial charge in [-0.2, -0.15) is 0 Å². The smallest absolute Gasteiger partial charge is 0.194 e. The van der Waals surface area contributed by atoms with Gasteiger partial charge in [0.25, 0.3) is 0 Å². The number of halogens is 1. The average molecular weight is 519 g/mol. The van der Waals surface area contributed by atoms with E-state index in [1.807, 2.05) is 24.3 Å². The quantitative estimate of drug-likeness (QED) is 0.247. The monoisotopic (exact) mass is 519 g/mol. The molecule has 2 saturated heterocycles. The number of guanidine groups is 1. The Bertz CT molecular complexity index is 626. The number of benzene rings is 1. The number of ether oxygens (including phenoxy) is 4. The molecule has 2 heterocycles. The zero-order valence-corrected chi connectivity index (χ0v) is 19.8. The van der Waals surface area contributed by atoms with Gasteiger partial charge < -0.3 is 29.2 Å². The molecule has 29 heavy (non-hydrogen) atoms. The summed E-state index contributed by atoms with van der Waals surface area (Å²) in [4.78, 5) is 7.09. The van der Waals surface area contributed by atoms with E-state index in [0.717, 1.165) is 63.0 Å². The molecule has 0 amide bonds. The Hall–Kier alpha value is -1.26. The van der Waals surface area contributed by atoms with Crippen molar-refractivity contribution in [3.63, 3.8) is 0 Å². The van der Waals surface area contributed by atoms with Crippen molar-refractivity contribution < 1.29 is 18.9 Å². The van der Waals surface area contributed by atoms with Gasteiger partial charge in [-0.15, -0.1) is 24.0 Å². The van der Waals surface area contributed by atoms with E-state index in [1.54, 1.807) is 7.11 Å². The number of hydrogen-bond donors (Lipinski definition) is 1. The molecule has 0 radical (unpaired) electrons. The summed E-state index contributed by atoms with van der Waals surface area (Å²) in [5, 5.41) is 3.41. The van der Waals surface area contributed by atoms with Gasteiger partial charge in [0.1, 0.15) is 17.6 Å². The molecule has 1 N–H and O–H groups in total. The van der Waals surface area contributed by atoms with E-state index < -0.39 is 0 Å². The highest BCUT2D eigenvalue weighted by Crippen LogP contribution is 2.21. The number of rotatable bonds is 8. The number of aliphatic imine (C=N–C) groups is 1. The van der Waals surface area contributed by atoms with Crippen molar-refractivity contribution in [2.75, 3.05) is 53.1 Å². The molecule has 0 aromatic heterocycles. The summed E-state index contributed by atoms with van der Waals surface area (Å²) in [5.41, 5.74) is 0. The molecular formula is C21H34IN3O4. The van der Waals surface area contributed by atoms with Crippen molar-refractivity contribution in [3.8, 4) is 11.5 Å². The van der Waals surface area contributed by atoms with Crippen molar-refractivity contribution in [1.29, 1.82) is 0 Å². The predicted molar refractivity (Wildman–Crippen MR) is 125 cm³/mol. The lowest BCUT2D eigenvalue weighted by Gasteiger charge is -2.37. The molecule has 0 spiro atoms. The van der Waals surface area contributed by atoms with Crippen LogP contribution >= 0.6 is 24.0 Å². The summed E-state index contributed by atoms with van der Waals surface area (Å²) in [6.45, 7) is 7.54. The summed E-state index contributed by atoms with van der Waals surface area (Å²) in [6, 6.07) is 7.67. The van der Waals surface area contributed by atoms with Crippen molar-refractivity contribution in [1.82, 2.24) is 10.2 Å². The molecule has 1 aromatic carbocycles. The van der Waals surface area contributed by atoms with Gasteiger partial charge >= 0.3 is 0 Å². The fraction of sp³-hybridized carbons (Fsp3) is 0.667. The van der Waals surface area contributed by atoms with Crippen molar-refractivity contribution >= 4 is 29.9 Å². The normalized spacial score (nSPS) is 22.1. The molecule has 7 nitrogen and oxygen atoms in total. The number of morpholine rings is 1. The minimum Gasteiger partial charge on any atom is -0.497 e. The lowest BCUT2D eigenvalue weighted by atomic mass is 10.1. The minimum absolute atomic E-state index is 0. The van der Waals surface area contributed by atoms with Crippen LogP contribution in [-0.2, 0) is 9.47 Å². The summed E-state index contributed by atoms with van der Waals surface area (Å²) in [5.74, 6) is 2.58. The van der Waals surface area contributed by atoms with E-state index in [2.05, 4.69) is 17.1 Å². The fourth-order valence-electron chi connectivity index (χ4n) is 3.54. The fourth-order valence-corrected chi connectivity index (χ4v) is 3.54. The van der Waals surface area contributed by atoms with E-state index >= 15 is 0 Å². The van der Waals surface area contributed by atoms with Gasteiger partial charge in [0.15, 0.2) is 5.96 Å². The zero-order chi connectivity index (χ0) is 19.6. The molecule has 2 unspecified atom stereocenters. The van der Waals surface area contributed by atoms with Gasteiger partial charge in [-0.25, -0.2) is 0 Å². The van der Waals surface area contributed by atoms with Gasteiger partial charge in [0.2, 0.25) is 0 Å². The third-order valence-corrected chi connectivity index (χ3v) is 4.98. The Morgan fingerprint density at radius 3 is 2.83 bits per heavy atom. The first-order chi connectivity index (χ1) is 13.8. The zero-order valence-electron chi connectivity index (χ0n) is 17.5. The van der Waals surface area contributed by atoms with E-state index in [0.29, 0.717) is 19.8 Å². The number of hydrogen-bond acceptors (Lipinski definition) is 5. The van der Waals surface area contributed by atoms with Gasteiger partial charge in [-0.3, -0.25) is 4.99 Å². The summed E-state index contributed by atoms with van der Waals surface area (Å²) in [7, 11) is 1.66. The highest BCUT2D eigenvalue weighted by Gasteiger charge is 2.32. The first-order valence-electron chi connectivity index (χ1n) is 10.3. The topological polar surface area (TPSA) is 64.6 Å². The maximum atomic E-state index is 5.95. The molecule has 0 bridgehead atoms. The van der Waals surface area contributed by atoms with Crippen LogP contribution in [-0.4, -0.2) is 76.2 Å². The van der Waals surface area contributed by atoms with Gasteiger partial charge in [-0.05, 0) is 31.9 Å². The minimum atomic E-state index is 0. The Morgan fingerprint density at radius 1 is 1.24 bits per heavy atom. The summed E-state index contributed by atoms with van der Waals surface area (Å²) >= 11 is 0. The van der Waals surface area contributed by atoms with Crippen LogP contribution < -0.4 is 14.8 Å². The molecule has 2 aliphatic rings. The lowest BCUT2D eigenvalue weighted by molar-refractivity contribution is -0.0817. The number of methoxy groups -OCH3 is 1. The number of nitrogens with one attached hydrogen (secondary N) is 1. The first-order valence-corrected chi connectivity index (χ1v) is 10.3. The lowest BCUT2D eigenvalue weighted by Crippen LogP contribution is -2.53. The van der Waals surface area contributed by atoms with Crippen molar-refractivity contribution in [2.45, 2.75) is 38.4 Å². The van der Waals surface area contributed by atoms with E-state index in [-0.39, 0.29) is 36.2 Å². The standard InChI is InChI=1S/C21H33N3O4.HI/c1-3-22-21(24-11-14-28-20(16-24)19-9-5-12-27-19)23-10-6-13-26-18-8-4-7-17(15-18)25-2;/h4,7-8,15,19-20H,3,5-6,9-14,16H2,1-2H3,(H,22,23);1H. The molecule has 0 saturated carbocycles. The summed E-state index contributed by atoms with van der Waals surface area (Å²) in [6.07, 6.45) is 3.43. The molecule has 2 atom stereocenters. The second kappa shape index (κ2) is 13.1. The third kappa shape index (κ3) is 7.49. The van der Waals surface area contributed by atoms with Gasteiger partial charge in [0, 0.05) is 45.3 Å². The second-order valence-corrected chi connectivity index (χ2v) is 7.02. The second-order valence-electron chi connectivity index (χ2n) is 7.02. The van der Waals surface area contributed by atoms with Crippen molar-refractivity contribution in [3.05, 3.63) is 24.3 Å². The Balaban J connectivity index is 0.00000300. The van der Waals surface area contributed by atoms with Crippen LogP contribution in [0, 0.1) is 0 Å². The molecule has 3 rings (SSSR count). The van der Waals surface area contributed by atoms with E-state index in [4.69, 9.17) is 23.9 Å². The molecule has 1 aromatic rings. The number of nitrogens with zero attached hydrogens (tertiary/aromatic N) is 2. The van der Waals surface area contributed by atoms with E-state index in [9.17, 15) is 0 Å². The maximum absolute atomic E-state index is 5.95.